The fraction of sp³-hybridized carbons (Fsp3) is 0.0625. The Labute approximate surface area is 121 Å². The second-order valence-electron chi connectivity index (χ2n) is 4.65. The van der Waals surface area contributed by atoms with Crippen LogP contribution < -0.4 is 5.73 Å². The molecule has 0 aliphatic heterocycles. The van der Waals surface area contributed by atoms with Crippen LogP contribution in [-0.4, -0.2) is 9.55 Å². The van der Waals surface area contributed by atoms with Gasteiger partial charge in [-0.1, -0.05) is 18.2 Å². The SMILES string of the molecule is N#Cc1ccc(Cn2c(N)nc3c(C#N)cccc32)cc1. The molecule has 0 saturated heterocycles. The summed E-state index contributed by atoms with van der Waals surface area (Å²) < 4.78 is 1.86. The highest BCUT2D eigenvalue weighted by molar-refractivity contribution is 5.84. The molecule has 0 amide bonds. The van der Waals surface area contributed by atoms with E-state index in [2.05, 4.69) is 17.1 Å². The number of aromatic nitrogens is 2. The summed E-state index contributed by atoms with van der Waals surface area (Å²) in [6, 6.07) is 17.0. The van der Waals surface area contributed by atoms with Crippen molar-refractivity contribution >= 4 is 17.0 Å². The number of para-hydroxylation sites is 1. The summed E-state index contributed by atoms with van der Waals surface area (Å²) in [7, 11) is 0. The second kappa shape index (κ2) is 4.99. The molecule has 0 spiro atoms. The molecule has 0 bridgehead atoms. The maximum absolute atomic E-state index is 9.11. The highest BCUT2D eigenvalue weighted by Gasteiger charge is 2.11. The van der Waals surface area contributed by atoms with Crippen LogP contribution in [-0.2, 0) is 6.54 Å². The molecule has 0 unspecified atom stereocenters. The van der Waals surface area contributed by atoms with Crippen molar-refractivity contribution in [1.82, 2.24) is 9.55 Å². The van der Waals surface area contributed by atoms with Gasteiger partial charge in [0.2, 0.25) is 5.95 Å². The zero-order valence-corrected chi connectivity index (χ0v) is 11.1. The largest absolute Gasteiger partial charge is 0.369 e. The molecule has 5 heteroatoms. The minimum Gasteiger partial charge on any atom is -0.369 e. The van der Waals surface area contributed by atoms with Crippen molar-refractivity contribution in [2.24, 2.45) is 0 Å². The lowest BCUT2D eigenvalue weighted by Gasteiger charge is -2.06. The number of rotatable bonds is 2. The quantitative estimate of drug-likeness (QED) is 0.776. The number of nitrogens with zero attached hydrogens (tertiary/aromatic N) is 4. The molecule has 0 atom stereocenters. The van der Waals surface area contributed by atoms with Gasteiger partial charge in [-0.3, -0.25) is 0 Å². The molecule has 2 aromatic carbocycles. The van der Waals surface area contributed by atoms with Gasteiger partial charge in [0.15, 0.2) is 0 Å². The summed E-state index contributed by atoms with van der Waals surface area (Å²) in [6.07, 6.45) is 0. The van der Waals surface area contributed by atoms with Gasteiger partial charge in [0.1, 0.15) is 11.6 Å². The first-order chi connectivity index (χ1) is 10.2. The summed E-state index contributed by atoms with van der Waals surface area (Å²) >= 11 is 0. The van der Waals surface area contributed by atoms with E-state index >= 15 is 0 Å². The van der Waals surface area contributed by atoms with E-state index in [9.17, 15) is 0 Å². The van der Waals surface area contributed by atoms with Crippen LogP contribution in [0, 0.1) is 22.7 Å². The van der Waals surface area contributed by atoms with Crippen molar-refractivity contribution in [1.29, 1.82) is 10.5 Å². The van der Waals surface area contributed by atoms with E-state index in [1.54, 1.807) is 18.2 Å². The number of imidazole rings is 1. The molecule has 100 valence electrons. The van der Waals surface area contributed by atoms with Crippen LogP contribution >= 0.6 is 0 Å². The van der Waals surface area contributed by atoms with Gasteiger partial charge in [0, 0.05) is 0 Å². The number of nitrogen functional groups attached to an aromatic ring is 1. The molecular formula is C16H11N5. The molecule has 1 aromatic heterocycles. The van der Waals surface area contributed by atoms with Crippen molar-refractivity contribution in [2.45, 2.75) is 6.54 Å². The van der Waals surface area contributed by atoms with Gasteiger partial charge >= 0.3 is 0 Å². The van der Waals surface area contributed by atoms with E-state index in [0.717, 1.165) is 11.1 Å². The summed E-state index contributed by atoms with van der Waals surface area (Å²) in [5.41, 5.74) is 9.56. The summed E-state index contributed by atoms with van der Waals surface area (Å²) in [4.78, 5) is 4.28. The molecular weight excluding hydrogens is 262 g/mol. The molecule has 0 fully saturated rings. The lowest BCUT2D eigenvalue weighted by atomic mass is 10.1. The Morgan fingerprint density at radius 1 is 1.05 bits per heavy atom. The van der Waals surface area contributed by atoms with Crippen LogP contribution in [0.1, 0.15) is 16.7 Å². The Bertz CT molecular complexity index is 891. The molecule has 5 nitrogen and oxygen atoms in total. The molecule has 0 radical (unpaired) electrons. The molecule has 1 heterocycles. The number of hydrogen-bond acceptors (Lipinski definition) is 4. The van der Waals surface area contributed by atoms with E-state index in [1.165, 1.54) is 0 Å². The van der Waals surface area contributed by atoms with Crippen molar-refractivity contribution in [3.05, 3.63) is 59.2 Å². The summed E-state index contributed by atoms with van der Waals surface area (Å²) in [6.45, 7) is 0.545. The van der Waals surface area contributed by atoms with Crippen LogP contribution in [0.5, 0.6) is 0 Å². The third-order valence-electron chi connectivity index (χ3n) is 3.35. The highest BCUT2D eigenvalue weighted by Crippen LogP contribution is 2.22. The van der Waals surface area contributed by atoms with Crippen molar-refractivity contribution in [2.75, 3.05) is 5.73 Å². The van der Waals surface area contributed by atoms with Crippen molar-refractivity contribution in [3.63, 3.8) is 0 Å². The number of fused-ring (bicyclic) bond motifs is 1. The number of nitriles is 2. The van der Waals surface area contributed by atoms with Gasteiger partial charge in [0.25, 0.3) is 0 Å². The first kappa shape index (κ1) is 12.7. The normalized spacial score (nSPS) is 10.2. The first-order valence-electron chi connectivity index (χ1n) is 6.37. The zero-order valence-electron chi connectivity index (χ0n) is 11.1. The van der Waals surface area contributed by atoms with Gasteiger partial charge in [-0.25, -0.2) is 4.98 Å². The van der Waals surface area contributed by atoms with Gasteiger partial charge < -0.3 is 10.3 Å². The fourth-order valence-electron chi connectivity index (χ4n) is 2.29. The van der Waals surface area contributed by atoms with Crippen molar-refractivity contribution < 1.29 is 0 Å². The van der Waals surface area contributed by atoms with Crippen LogP contribution in [0.3, 0.4) is 0 Å². The molecule has 0 aliphatic carbocycles. The lowest BCUT2D eigenvalue weighted by Crippen LogP contribution is -2.04. The predicted octanol–water partition coefficient (Wildman–Crippen LogP) is 2.41. The lowest BCUT2D eigenvalue weighted by molar-refractivity contribution is 0.838. The Morgan fingerprint density at radius 3 is 2.48 bits per heavy atom. The monoisotopic (exact) mass is 273 g/mol. The molecule has 2 N–H and O–H groups in total. The molecule has 21 heavy (non-hydrogen) atoms. The smallest absolute Gasteiger partial charge is 0.201 e. The third kappa shape index (κ3) is 2.18. The Balaban J connectivity index is 2.06. The molecule has 3 aromatic rings. The van der Waals surface area contributed by atoms with Crippen LogP contribution in [0.25, 0.3) is 11.0 Å². The fourth-order valence-corrected chi connectivity index (χ4v) is 2.29. The van der Waals surface area contributed by atoms with Gasteiger partial charge in [-0.2, -0.15) is 10.5 Å². The van der Waals surface area contributed by atoms with E-state index in [1.807, 2.05) is 28.8 Å². The Hall–Kier alpha value is -3.31. The van der Waals surface area contributed by atoms with Crippen LogP contribution in [0.4, 0.5) is 5.95 Å². The van der Waals surface area contributed by atoms with E-state index in [0.29, 0.717) is 29.1 Å². The van der Waals surface area contributed by atoms with Gasteiger partial charge in [0.05, 0.1) is 29.3 Å². The Kier molecular flexibility index (Phi) is 3.02. The van der Waals surface area contributed by atoms with E-state index in [-0.39, 0.29) is 0 Å². The van der Waals surface area contributed by atoms with E-state index < -0.39 is 0 Å². The summed E-state index contributed by atoms with van der Waals surface area (Å²) in [5, 5.41) is 17.9. The van der Waals surface area contributed by atoms with Gasteiger partial charge in [-0.15, -0.1) is 0 Å². The third-order valence-corrected chi connectivity index (χ3v) is 3.35. The van der Waals surface area contributed by atoms with Crippen molar-refractivity contribution in [3.8, 4) is 12.1 Å². The molecule has 3 rings (SSSR count). The number of anilines is 1. The standard InChI is InChI=1S/C16H11N5/c17-8-11-4-6-12(7-5-11)10-21-14-3-1-2-13(9-18)15(14)20-16(21)19/h1-7H,10H2,(H2,19,20). The van der Waals surface area contributed by atoms with E-state index in [4.69, 9.17) is 16.3 Å². The average Bonchev–Trinajstić information content (AvgIpc) is 2.84. The summed E-state index contributed by atoms with van der Waals surface area (Å²) in [5.74, 6) is 0.372. The number of nitrogens with two attached hydrogens (primary N) is 1. The predicted molar refractivity (Wildman–Crippen MR) is 79.1 cm³/mol. The van der Waals surface area contributed by atoms with Crippen LogP contribution in [0.15, 0.2) is 42.5 Å². The van der Waals surface area contributed by atoms with Crippen LogP contribution in [0.2, 0.25) is 0 Å². The highest BCUT2D eigenvalue weighted by atomic mass is 15.1. The Morgan fingerprint density at radius 2 is 1.81 bits per heavy atom. The number of hydrogen-bond donors (Lipinski definition) is 1. The zero-order chi connectivity index (χ0) is 14.8. The maximum Gasteiger partial charge on any atom is 0.201 e. The van der Waals surface area contributed by atoms with Gasteiger partial charge in [-0.05, 0) is 29.8 Å². The maximum atomic E-state index is 9.11. The number of benzene rings is 2. The molecule has 0 saturated carbocycles. The second-order valence-corrected chi connectivity index (χ2v) is 4.65. The first-order valence-corrected chi connectivity index (χ1v) is 6.37. The average molecular weight is 273 g/mol. The minimum atomic E-state index is 0.372. The topological polar surface area (TPSA) is 91.4 Å². The minimum absolute atomic E-state index is 0.372. The molecule has 0 aliphatic rings.